The van der Waals surface area contributed by atoms with Crippen LogP contribution >= 0.6 is 0 Å². The molecule has 13 heavy (non-hydrogen) atoms. The second-order valence-electron chi connectivity index (χ2n) is 3.75. The summed E-state index contributed by atoms with van der Waals surface area (Å²) < 4.78 is 5.16. The van der Waals surface area contributed by atoms with Gasteiger partial charge in [0.2, 0.25) is 6.10 Å². The molecule has 0 saturated carbocycles. The minimum absolute atomic E-state index is 0.170. The first-order valence-corrected chi connectivity index (χ1v) is 4.37. The number of hydrogen-bond acceptors (Lipinski definition) is 3. The maximum Gasteiger partial charge on any atom is 0.340 e. The van der Waals surface area contributed by atoms with Crippen LogP contribution in [0.5, 0.6) is 0 Å². The summed E-state index contributed by atoms with van der Waals surface area (Å²) in [7, 11) is 0. The van der Waals surface area contributed by atoms with E-state index >= 15 is 0 Å². The van der Waals surface area contributed by atoms with Crippen LogP contribution in [-0.4, -0.2) is 29.1 Å². The number of carboxylic acids is 1. The fourth-order valence-corrected chi connectivity index (χ4v) is 1.66. The van der Waals surface area contributed by atoms with Crippen LogP contribution in [0.15, 0.2) is 0 Å². The monoisotopic (exact) mass is 186 g/mol. The highest BCUT2D eigenvalue weighted by molar-refractivity contribution is 6.03. The second kappa shape index (κ2) is 3.46. The molecule has 4 nitrogen and oxygen atoms in total. The Morgan fingerprint density at radius 3 is 2.31 bits per heavy atom. The molecule has 1 rings (SSSR count). The number of carboxylic acid groups (broad SMARTS) is 1. The normalized spacial score (nSPS) is 34.2. The Labute approximate surface area is 76.9 Å². The number of carbonyl (C=O) groups is 2. The van der Waals surface area contributed by atoms with Crippen LogP contribution in [0.3, 0.4) is 0 Å². The van der Waals surface area contributed by atoms with Crippen LogP contribution in [0.2, 0.25) is 0 Å². The van der Waals surface area contributed by atoms with Gasteiger partial charge in [0, 0.05) is 5.92 Å². The first kappa shape index (κ1) is 10.2. The minimum Gasteiger partial charge on any atom is -0.479 e. The van der Waals surface area contributed by atoms with Gasteiger partial charge >= 0.3 is 5.97 Å². The van der Waals surface area contributed by atoms with Gasteiger partial charge in [0.15, 0.2) is 5.78 Å². The number of hydrogen-bond donors (Lipinski definition) is 1. The average Bonchev–Trinajstić information content (AvgIpc) is 2.29. The number of Topliss-reactive ketones (excluding diaryl/α,β-unsaturated/α-hetero) is 1. The zero-order valence-electron chi connectivity index (χ0n) is 7.98. The molecule has 0 bridgehead atoms. The van der Waals surface area contributed by atoms with Crippen molar-refractivity contribution in [2.45, 2.75) is 33.0 Å². The molecule has 1 fully saturated rings. The van der Waals surface area contributed by atoms with Crippen LogP contribution in [-0.2, 0) is 14.3 Å². The molecule has 0 amide bonds. The Bertz CT molecular complexity index is 234. The highest BCUT2D eigenvalue weighted by Crippen LogP contribution is 2.28. The molecule has 4 heteroatoms. The van der Waals surface area contributed by atoms with Crippen molar-refractivity contribution in [1.82, 2.24) is 0 Å². The quantitative estimate of drug-likeness (QED) is 0.645. The van der Waals surface area contributed by atoms with Gasteiger partial charge < -0.3 is 9.84 Å². The molecule has 1 N–H and O–H groups in total. The van der Waals surface area contributed by atoms with Crippen molar-refractivity contribution in [2.24, 2.45) is 11.8 Å². The minimum atomic E-state index is -1.25. The number of rotatable bonds is 2. The van der Waals surface area contributed by atoms with Crippen molar-refractivity contribution in [3.05, 3.63) is 0 Å². The summed E-state index contributed by atoms with van der Waals surface area (Å²) in [6.07, 6.45) is -1.50. The molecule has 0 aliphatic carbocycles. The fraction of sp³-hybridized carbons (Fsp3) is 0.778. The van der Waals surface area contributed by atoms with Gasteiger partial charge in [-0.15, -0.1) is 0 Å². The zero-order chi connectivity index (χ0) is 10.2. The topological polar surface area (TPSA) is 63.6 Å². The molecule has 1 aliphatic rings. The van der Waals surface area contributed by atoms with E-state index in [1.807, 2.05) is 13.8 Å². The van der Waals surface area contributed by atoms with Gasteiger partial charge in [-0.25, -0.2) is 4.79 Å². The van der Waals surface area contributed by atoms with Gasteiger partial charge in [-0.3, -0.25) is 4.79 Å². The zero-order valence-corrected chi connectivity index (χ0v) is 7.98. The second-order valence-corrected chi connectivity index (χ2v) is 3.75. The predicted molar refractivity (Wildman–Crippen MR) is 45.3 cm³/mol. The van der Waals surface area contributed by atoms with Crippen molar-refractivity contribution in [2.75, 3.05) is 0 Å². The summed E-state index contributed by atoms with van der Waals surface area (Å²) >= 11 is 0. The lowest BCUT2D eigenvalue weighted by Gasteiger charge is -2.16. The summed E-state index contributed by atoms with van der Waals surface area (Å²) in [5.41, 5.74) is 0. The molecule has 0 aromatic carbocycles. The van der Waals surface area contributed by atoms with E-state index < -0.39 is 12.1 Å². The molecule has 0 spiro atoms. The van der Waals surface area contributed by atoms with Crippen molar-refractivity contribution >= 4 is 11.8 Å². The van der Waals surface area contributed by atoms with Gasteiger partial charge in [-0.2, -0.15) is 0 Å². The molecule has 74 valence electrons. The summed E-state index contributed by atoms with van der Waals surface area (Å²) in [6, 6.07) is 0. The van der Waals surface area contributed by atoms with Gasteiger partial charge in [0.05, 0.1) is 6.10 Å². The lowest BCUT2D eigenvalue weighted by Crippen LogP contribution is -2.27. The van der Waals surface area contributed by atoms with Crippen LogP contribution < -0.4 is 0 Å². The van der Waals surface area contributed by atoms with Crippen LogP contribution in [0.4, 0.5) is 0 Å². The Morgan fingerprint density at radius 2 is 2.08 bits per heavy atom. The molecule has 0 radical (unpaired) electrons. The third-order valence-electron chi connectivity index (χ3n) is 2.37. The SMILES string of the molecule is CC(C)[C@@H]1OC(C(=O)O)C(=O)[C@@H]1C. The predicted octanol–water partition coefficient (Wildman–Crippen LogP) is 0.700. The number of ether oxygens (including phenoxy) is 1. The summed E-state index contributed by atoms with van der Waals surface area (Å²) in [5, 5.41) is 8.66. The molecular weight excluding hydrogens is 172 g/mol. The standard InChI is InChI=1S/C9H14O4/c1-4(2)7-5(3)6(10)8(13-7)9(11)12/h4-5,7-8H,1-3H3,(H,11,12)/t5-,7-,8?/m0/s1. The number of carbonyl (C=O) groups excluding carboxylic acids is 1. The Balaban J connectivity index is 2.78. The van der Waals surface area contributed by atoms with E-state index in [-0.39, 0.29) is 23.7 Å². The third kappa shape index (κ3) is 1.72. The van der Waals surface area contributed by atoms with Crippen molar-refractivity contribution in [1.29, 1.82) is 0 Å². The Hall–Kier alpha value is -0.900. The summed E-state index contributed by atoms with van der Waals surface area (Å²) in [4.78, 5) is 21.9. The molecule has 3 atom stereocenters. The van der Waals surface area contributed by atoms with E-state index in [0.29, 0.717) is 0 Å². The van der Waals surface area contributed by atoms with E-state index in [1.54, 1.807) is 6.92 Å². The van der Waals surface area contributed by atoms with E-state index in [0.717, 1.165) is 0 Å². The molecule has 1 saturated heterocycles. The van der Waals surface area contributed by atoms with E-state index in [1.165, 1.54) is 0 Å². The summed E-state index contributed by atoms with van der Waals surface area (Å²) in [6.45, 7) is 5.55. The van der Waals surface area contributed by atoms with Gasteiger partial charge in [0.25, 0.3) is 0 Å². The lowest BCUT2D eigenvalue weighted by atomic mass is 9.93. The molecule has 1 aliphatic heterocycles. The first-order valence-electron chi connectivity index (χ1n) is 4.37. The maximum absolute atomic E-state index is 11.4. The van der Waals surface area contributed by atoms with Gasteiger partial charge in [0.1, 0.15) is 0 Å². The van der Waals surface area contributed by atoms with Crippen molar-refractivity contribution in [3.8, 4) is 0 Å². The molecular formula is C9H14O4. The molecule has 0 aromatic heterocycles. The Kier molecular flexibility index (Phi) is 2.71. The van der Waals surface area contributed by atoms with E-state index in [9.17, 15) is 9.59 Å². The van der Waals surface area contributed by atoms with E-state index in [4.69, 9.17) is 9.84 Å². The first-order chi connectivity index (χ1) is 5.95. The highest BCUT2D eigenvalue weighted by Gasteiger charge is 2.45. The lowest BCUT2D eigenvalue weighted by molar-refractivity contribution is -0.153. The largest absolute Gasteiger partial charge is 0.479 e. The molecule has 0 aromatic rings. The maximum atomic E-state index is 11.4. The van der Waals surface area contributed by atoms with Crippen LogP contribution in [0.1, 0.15) is 20.8 Å². The highest BCUT2D eigenvalue weighted by atomic mass is 16.5. The van der Waals surface area contributed by atoms with Gasteiger partial charge in [-0.05, 0) is 5.92 Å². The van der Waals surface area contributed by atoms with Crippen LogP contribution in [0, 0.1) is 11.8 Å². The smallest absolute Gasteiger partial charge is 0.340 e. The molecule has 1 unspecified atom stereocenters. The number of ketones is 1. The average molecular weight is 186 g/mol. The Morgan fingerprint density at radius 1 is 1.54 bits per heavy atom. The fourth-order valence-electron chi connectivity index (χ4n) is 1.66. The van der Waals surface area contributed by atoms with Crippen molar-refractivity contribution < 1.29 is 19.4 Å². The third-order valence-corrected chi connectivity index (χ3v) is 2.37. The summed E-state index contributed by atoms with van der Waals surface area (Å²) in [5.74, 6) is -1.63. The molecule has 1 heterocycles. The van der Waals surface area contributed by atoms with Gasteiger partial charge in [-0.1, -0.05) is 20.8 Å². The van der Waals surface area contributed by atoms with E-state index in [2.05, 4.69) is 0 Å². The number of aliphatic carboxylic acids is 1. The van der Waals surface area contributed by atoms with Crippen LogP contribution in [0.25, 0.3) is 0 Å². The van der Waals surface area contributed by atoms with Crippen molar-refractivity contribution in [3.63, 3.8) is 0 Å².